The van der Waals surface area contributed by atoms with Crippen molar-refractivity contribution in [3.63, 3.8) is 0 Å². The van der Waals surface area contributed by atoms with E-state index in [9.17, 15) is 10.5 Å². The average molecular weight is 485 g/mol. The summed E-state index contributed by atoms with van der Waals surface area (Å²) >= 11 is 1.10. The van der Waals surface area contributed by atoms with Gasteiger partial charge in [-0.15, -0.1) is 0 Å². The molecule has 0 radical (unpaired) electrons. The minimum Gasteiger partial charge on any atom is -0.494 e. The van der Waals surface area contributed by atoms with Crippen LogP contribution < -0.4 is 9.47 Å². The average Bonchev–Trinajstić information content (AvgIpc) is 3.38. The van der Waals surface area contributed by atoms with Gasteiger partial charge < -0.3 is 9.47 Å². The molecule has 0 atom stereocenters. The van der Waals surface area contributed by atoms with Gasteiger partial charge in [-0.2, -0.15) is 14.9 Å². The molecule has 2 aromatic carbocycles. The Morgan fingerprint density at radius 3 is 1.74 bits per heavy atom. The van der Waals surface area contributed by atoms with Crippen molar-refractivity contribution in [1.82, 2.24) is 9.36 Å². The summed E-state index contributed by atoms with van der Waals surface area (Å²) in [4.78, 5) is 4.46. The van der Waals surface area contributed by atoms with E-state index in [0.717, 1.165) is 59.8 Å². The van der Waals surface area contributed by atoms with Crippen molar-refractivity contribution in [1.29, 1.82) is 10.5 Å². The van der Waals surface area contributed by atoms with Gasteiger partial charge in [-0.1, -0.05) is 51.0 Å². The van der Waals surface area contributed by atoms with Crippen LogP contribution in [0.1, 0.15) is 61.5 Å². The maximum atomic E-state index is 9.69. The highest BCUT2D eigenvalue weighted by Crippen LogP contribution is 2.25. The Morgan fingerprint density at radius 1 is 0.800 bits per heavy atom. The van der Waals surface area contributed by atoms with E-state index in [1.165, 1.54) is 0 Å². The van der Waals surface area contributed by atoms with Crippen LogP contribution in [0.4, 0.5) is 0 Å². The maximum Gasteiger partial charge on any atom is 0.184 e. The standard InChI is InChI=1S/C28H28N4O2S/c1-3-5-15-33-25-11-7-21(8-12-25)17-23(19-29)27-31-28(35-32-27)24(20-30)18-22-9-13-26(14-10-22)34-16-6-4-2/h7-14,17-18H,3-6,15-16H2,1-2H3/b23-17+,24-18+. The molecule has 0 aliphatic heterocycles. The second-order valence-electron chi connectivity index (χ2n) is 7.80. The zero-order valence-electron chi connectivity index (χ0n) is 20.0. The number of ether oxygens (including phenoxy) is 2. The fraction of sp³-hybridized carbons (Fsp3) is 0.286. The summed E-state index contributed by atoms with van der Waals surface area (Å²) in [6.07, 6.45) is 7.67. The predicted molar refractivity (Wildman–Crippen MR) is 141 cm³/mol. The smallest absolute Gasteiger partial charge is 0.184 e. The number of benzene rings is 2. The van der Waals surface area contributed by atoms with Gasteiger partial charge in [-0.3, -0.25) is 0 Å². The van der Waals surface area contributed by atoms with Gasteiger partial charge in [-0.05, 0) is 71.9 Å². The Morgan fingerprint density at radius 2 is 1.29 bits per heavy atom. The summed E-state index contributed by atoms with van der Waals surface area (Å²) in [7, 11) is 0. The lowest BCUT2D eigenvalue weighted by molar-refractivity contribution is 0.309. The van der Waals surface area contributed by atoms with Gasteiger partial charge >= 0.3 is 0 Å². The first-order chi connectivity index (χ1) is 17.2. The summed E-state index contributed by atoms with van der Waals surface area (Å²) in [6, 6.07) is 19.5. The van der Waals surface area contributed by atoms with E-state index in [2.05, 4.69) is 35.3 Å². The second-order valence-corrected chi connectivity index (χ2v) is 8.56. The molecule has 0 spiro atoms. The molecule has 0 aliphatic rings. The van der Waals surface area contributed by atoms with E-state index in [1.807, 2.05) is 48.5 Å². The van der Waals surface area contributed by atoms with Crippen LogP contribution in [0.5, 0.6) is 11.5 Å². The van der Waals surface area contributed by atoms with E-state index in [-0.39, 0.29) is 0 Å². The summed E-state index contributed by atoms with van der Waals surface area (Å²) in [6.45, 7) is 5.62. The van der Waals surface area contributed by atoms with Crippen LogP contribution in [0.15, 0.2) is 48.5 Å². The molecule has 3 rings (SSSR count). The highest BCUT2D eigenvalue weighted by Gasteiger charge is 2.13. The highest BCUT2D eigenvalue weighted by atomic mass is 32.1. The van der Waals surface area contributed by atoms with Gasteiger partial charge in [0.05, 0.1) is 24.4 Å². The third-order valence-corrected chi connectivity index (χ3v) is 5.80. The van der Waals surface area contributed by atoms with Crippen molar-refractivity contribution in [2.45, 2.75) is 39.5 Å². The van der Waals surface area contributed by atoms with Crippen LogP contribution >= 0.6 is 11.5 Å². The molecule has 0 saturated carbocycles. The van der Waals surface area contributed by atoms with E-state index in [1.54, 1.807) is 12.2 Å². The van der Waals surface area contributed by atoms with Crippen molar-refractivity contribution >= 4 is 34.8 Å². The third-order valence-electron chi connectivity index (χ3n) is 5.05. The monoisotopic (exact) mass is 484 g/mol. The molecule has 6 nitrogen and oxygen atoms in total. The summed E-state index contributed by atoms with van der Waals surface area (Å²) in [5.41, 5.74) is 2.42. The van der Waals surface area contributed by atoms with E-state index in [0.29, 0.717) is 35.2 Å². The number of rotatable bonds is 12. The number of hydrogen-bond donors (Lipinski definition) is 0. The molecular formula is C28H28N4O2S. The first-order valence-electron chi connectivity index (χ1n) is 11.7. The van der Waals surface area contributed by atoms with Gasteiger partial charge in [0, 0.05) is 0 Å². The third kappa shape index (κ3) is 7.81. The molecule has 0 bridgehead atoms. The molecule has 0 aliphatic carbocycles. The number of aromatic nitrogens is 2. The molecule has 1 heterocycles. The van der Waals surface area contributed by atoms with Crippen LogP contribution in [0.25, 0.3) is 23.3 Å². The van der Waals surface area contributed by atoms with Gasteiger partial charge in [0.25, 0.3) is 0 Å². The minimum atomic E-state index is 0.302. The summed E-state index contributed by atoms with van der Waals surface area (Å²) < 4.78 is 15.7. The van der Waals surface area contributed by atoms with E-state index < -0.39 is 0 Å². The van der Waals surface area contributed by atoms with Crippen molar-refractivity contribution in [3.8, 4) is 23.6 Å². The summed E-state index contributed by atoms with van der Waals surface area (Å²) in [5.74, 6) is 1.90. The van der Waals surface area contributed by atoms with Crippen LogP contribution in [0, 0.1) is 22.7 Å². The Hall–Kier alpha value is -3.94. The van der Waals surface area contributed by atoms with Crippen molar-refractivity contribution < 1.29 is 9.47 Å². The molecule has 0 unspecified atom stereocenters. The lowest BCUT2D eigenvalue weighted by Crippen LogP contribution is -1.96. The molecule has 0 saturated heterocycles. The van der Waals surface area contributed by atoms with Crippen LogP contribution in [0.2, 0.25) is 0 Å². The molecule has 178 valence electrons. The summed E-state index contributed by atoms with van der Waals surface area (Å²) in [5, 5.41) is 19.8. The van der Waals surface area contributed by atoms with E-state index in [4.69, 9.17) is 9.47 Å². The molecule has 1 aromatic heterocycles. The van der Waals surface area contributed by atoms with Gasteiger partial charge in [0.15, 0.2) is 10.8 Å². The molecule has 0 amide bonds. The SMILES string of the molecule is CCCCOc1ccc(/C=C(\C#N)c2nsc(/C(C#N)=C/c3ccc(OCCCC)cc3)n2)cc1. The molecular weight excluding hydrogens is 456 g/mol. The number of allylic oxidation sites excluding steroid dienone is 2. The molecule has 35 heavy (non-hydrogen) atoms. The topological polar surface area (TPSA) is 91.8 Å². The first-order valence-corrected chi connectivity index (χ1v) is 12.5. The number of hydrogen-bond acceptors (Lipinski definition) is 7. The van der Waals surface area contributed by atoms with E-state index >= 15 is 0 Å². The normalized spacial score (nSPS) is 11.5. The minimum absolute atomic E-state index is 0.302. The zero-order valence-corrected chi connectivity index (χ0v) is 20.8. The number of unbranched alkanes of at least 4 members (excludes halogenated alkanes) is 2. The van der Waals surface area contributed by atoms with Gasteiger partial charge in [-0.25, -0.2) is 4.98 Å². The largest absolute Gasteiger partial charge is 0.494 e. The van der Waals surface area contributed by atoms with Crippen LogP contribution in [-0.2, 0) is 0 Å². The number of nitriles is 2. The molecule has 0 fully saturated rings. The van der Waals surface area contributed by atoms with Crippen molar-refractivity contribution in [2.24, 2.45) is 0 Å². The zero-order chi connectivity index (χ0) is 24.9. The lowest BCUT2D eigenvalue weighted by atomic mass is 10.1. The predicted octanol–water partition coefficient (Wildman–Crippen LogP) is 7.02. The number of nitrogens with zero attached hydrogens (tertiary/aromatic N) is 4. The van der Waals surface area contributed by atoms with Crippen molar-refractivity contribution in [2.75, 3.05) is 13.2 Å². The molecule has 7 heteroatoms. The van der Waals surface area contributed by atoms with Gasteiger partial charge in [0.1, 0.15) is 23.6 Å². The fourth-order valence-electron chi connectivity index (χ4n) is 3.05. The van der Waals surface area contributed by atoms with Crippen molar-refractivity contribution in [3.05, 3.63) is 70.5 Å². The van der Waals surface area contributed by atoms with Crippen LogP contribution in [-0.4, -0.2) is 22.6 Å². The maximum absolute atomic E-state index is 9.69. The highest BCUT2D eigenvalue weighted by molar-refractivity contribution is 7.06. The molecule has 3 aromatic rings. The quantitative estimate of drug-likeness (QED) is 0.202. The Labute approximate surface area is 211 Å². The fourth-order valence-corrected chi connectivity index (χ4v) is 3.70. The van der Waals surface area contributed by atoms with Crippen LogP contribution in [0.3, 0.4) is 0 Å². The Balaban J connectivity index is 1.73. The molecule has 0 N–H and O–H groups in total. The second kappa shape index (κ2) is 13.7. The lowest BCUT2D eigenvalue weighted by Gasteiger charge is -2.05. The Kier molecular flexibility index (Phi) is 10.0. The first kappa shape index (κ1) is 25.7. The van der Waals surface area contributed by atoms with Gasteiger partial charge in [0.2, 0.25) is 0 Å². The Bertz CT molecular complexity index is 1130.